The Morgan fingerprint density at radius 3 is 2.88 bits per heavy atom. The molecule has 0 amide bonds. The maximum absolute atomic E-state index is 12.4. The van der Waals surface area contributed by atoms with Crippen molar-refractivity contribution in [3.05, 3.63) is 63.9 Å². The van der Waals surface area contributed by atoms with Gasteiger partial charge in [-0.25, -0.2) is 4.98 Å². The maximum atomic E-state index is 12.4. The minimum Gasteiger partial charge on any atom is -0.460 e. The van der Waals surface area contributed by atoms with E-state index in [0.29, 0.717) is 23.4 Å². The molecule has 5 nitrogen and oxygen atoms in total. The number of esters is 1. The summed E-state index contributed by atoms with van der Waals surface area (Å²) in [6.07, 6.45) is 0.597. The van der Waals surface area contributed by atoms with Gasteiger partial charge in [-0.3, -0.25) is 9.59 Å². The summed E-state index contributed by atoms with van der Waals surface area (Å²) in [5, 5.41) is 1.04. The number of fused-ring (bicyclic) bond motifs is 2. The van der Waals surface area contributed by atoms with E-state index in [4.69, 9.17) is 4.74 Å². The standard InChI is InChI=1S/C19H16N2O3/c1-2-12-13-9-17(21-18(22)14(13)10-24-19(12)23)16-8-7-11-5-3-4-6-15(11)20-16/h3-9,12H,2,10H2,1H3,(H,21,22). The number of nitrogens with one attached hydrogen (secondary N) is 1. The molecule has 0 radical (unpaired) electrons. The van der Waals surface area contributed by atoms with E-state index >= 15 is 0 Å². The number of para-hydroxylation sites is 1. The van der Waals surface area contributed by atoms with Crippen LogP contribution in [-0.2, 0) is 16.1 Å². The van der Waals surface area contributed by atoms with Gasteiger partial charge in [0.2, 0.25) is 0 Å². The van der Waals surface area contributed by atoms with Crippen molar-refractivity contribution in [3.63, 3.8) is 0 Å². The molecule has 0 spiro atoms. The molecule has 1 aliphatic heterocycles. The van der Waals surface area contributed by atoms with Crippen LogP contribution in [-0.4, -0.2) is 15.9 Å². The number of H-pyrrole nitrogens is 1. The monoisotopic (exact) mass is 320 g/mol. The van der Waals surface area contributed by atoms with Crippen LogP contribution < -0.4 is 5.56 Å². The molecule has 120 valence electrons. The van der Waals surface area contributed by atoms with Gasteiger partial charge in [-0.2, -0.15) is 0 Å². The Bertz CT molecular complexity index is 1010. The van der Waals surface area contributed by atoms with Crippen molar-refractivity contribution in [1.82, 2.24) is 9.97 Å². The lowest BCUT2D eigenvalue weighted by Gasteiger charge is -2.23. The van der Waals surface area contributed by atoms with Gasteiger partial charge < -0.3 is 9.72 Å². The molecule has 3 heterocycles. The highest BCUT2D eigenvalue weighted by molar-refractivity contribution is 5.82. The van der Waals surface area contributed by atoms with Crippen molar-refractivity contribution in [2.45, 2.75) is 25.9 Å². The molecule has 3 aromatic rings. The number of carbonyl (C=O) groups is 1. The van der Waals surface area contributed by atoms with E-state index in [-0.39, 0.29) is 18.1 Å². The van der Waals surface area contributed by atoms with Gasteiger partial charge in [-0.05, 0) is 30.2 Å². The van der Waals surface area contributed by atoms with Crippen LogP contribution in [0, 0.1) is 0 Å². The summed E-state index contributed by atoms with van der Waals surface area (Å²) in [4.78, 5) is 31.9. The summed E-state index contributed by atoms with van der Waals surface area (Å²) < 4.78 is 5.12. The summed E-state index contributed by atoms with van der Waals surface area (Å²) in [5.74, 6) is -0.664. The number of carbonyl (C=O) groups excluding carboxylic acids is 1. The zero-order valence-corrected chi connectivity index (χ0v) is 13.2. The molecular weight excluding hydrogens is 304 g/mol. The van der Waals surface area contributed by atoms with Gasteiger partial charge in [0.1, 0.15) is 6.61 Å². The molecule has 5 heteroatoms. The third kappa shape index (κ3) is 2.29. The molecule has 24 heavy (non-hydrogen) atoms. The number of aromatic nitrogens is 2. The lowest BCUT2D eigenvalue weighted by molar-refractivity contribution is -0.148. The van der Waals surface area contributed by atoms with Crippen LogP contribution in [0.1, 0.15) is 30.4 Å². The SMILES string of the molecule is CCC1C(=O)OCc2c1cc(-c1ccc3ccccc3n1)[nH]c2=O. The van der Waals surface area contributed by atoms with Gasteiger partial charge in [0, 0.05) is 5.39 Å². The summed E-state index contributed by atoms with van der Waals surface area (Å²) in [6, 6.07) is 13.5. The summed E-state index contributed by atoms with van der Waals surface area (Å²) in [6.45, 7) is 1.95. The van der Waals surface area contributed by atoms with Crippen LogP contribution in [0.25, 0.3) is 22.3 Å². The molecule has 1 aromatic carbocycles. The van der Waals surface area contributed by atoms with Crippen molar-refractivity contribution < 1.29 is 9.53 Å². The van der Waals surface area contributed by atoms with Crippen molar-refractivity contribution in [2.24, 2.45) is 0 Å². The van der Waals surface area contributed by atoms with E-state index in [1.54, 1.807) is 0 Å². The van der Waals surface area contributed by atoms with Crippen molar-refractivity contribution in [3.8, 4) is 11.4 Å². The predicted molar refractivity (Wildman–Crippen MR) is 90.6 cm³/mol. The lowest BCUT2D eigenvalue weighted by Crippen LogP contribution is -2.29. The number of hydrogen-bond acceptors (Lipinski definition) is 4. The molecule has 2 aromatic heterocycles. The molecule has 1 aliphatic rings. The van der Waals surface area contributed by atoms with Crippen molar-refractivity contribution in [1.29, 1.82) is 0 Å². The van der Waals surface area contributed by atoms with E-state index < -0.39 is 5.92 Å². The number of hydrogen-bond donors (Lipinski definition) is 1. The first-order valence-corrected chi connectivity index (χ1v) is 7.96. The molecule has 1 atom stereocenters. The summed E-state index contributed by atoms with van der Waals surface area (Å²) in [5.41, 5.74) is 3.23. The smallest absolute Gasteiger partial charge is 0.313 e. The highest BCUT2D eigenvalue weighted by atomic mass is 16.5. The highest BCUT2D eigenvalue weighted by Gasteiger charge is 2.30. The Balaban J connectivity index is 1.89. The number of aromatic amines is 1. The van der Waals surface area contributed by atoms with Gasteiger partial charge >= 0.3 is 5.97 Å². The predicted octanol–water partition coefficient (Wildman–Crippen LogP) is 3.14. The van der Waals surface area contributed by atoms with Crippen LogP contribution in [0.15, 0.2) is 47.3 Å². The molecule has 0 aliphatic carbocycles. The minimum atomic E-state index is -0.393. The first-order valence-electron chi connectivity index (χ1n) is 7.96. The number of cyclic esters (lactones) is 1. The maximum Gasteiger partial charge on any atom is 0.313 e. The minimum absolute atomic E-state index is 0.0332. The number of rotatable bonds is 2. The van der Waals surface area contributed by atoms with E-state index in [1.807, 2.05) is 49.4 Å². The summed E-state index contributed by atoms with van der Waals surface area (Å²) >= 11 is 0. The number of ether oxygens (including phenoxy) is 1. The lowest BCUT2D eigenvalue weighted by atomic mass is 9.90. The molecule has 1 N–H and O–H groups in total. The van der Waals surface area contributed by atoms with Crippen molar-refractivity contribution in [2.75, 3.05) is 0 Å². The Labute approximate surface area is 138 Å². The van der Waals surface area contributed by atoms with Crippen LogP contribution in [0.2, 0.25) is 0 Å². The van der Waals surface area contributed by atoms with Crippen LogP contribution >= 0.6 is 0 Å². The van der Waals surface area contributed by atoms with E-state index in [2.05, 4.69) is 9.97 Å². The van der Waals surface area contributed by atoms with E-state index in [9.17, 15) is 9.59 Å². The molecule has 1 unspecified atom stereocenters. The number of nitrogens with zero attached hydrogens (tertiary/aromatic N) is 1. The largest absolute Gasteiger partial charge is 0.460 e. The Morgan fingerprint density at radius 2 is 2.04 bits per heavy atom. The number of pyridine rings is 2. The molecule has 0 fully saturated rings. The van der Waals surface area contributed by atoms with Gasteiger partial charge in [-0.1, -0.05) is 31.2 Å². The average molecular weight is 320 g/mol. The molecule has 0 saturated heterocycles. The van der Waals surface area contributed by atoms with Gasteiger partial charge in [-0.15, -0.1) is 0 Å². The van der Waals surface area contributed by atoms with E-state index in [1.165, 1.54) is 0 Å². The Hall–Kier alpha value is -2.95. The zero-order valence-electron chi connectivity index (χ0n) is 13.2. The second-order valence-corrected chi connectivity index (χ2v) is 5.90. The van der Waals surface area contributed by atoms with Crippen LogP contribution in [0.3, 0.4) is 0 Å². The molecular formula is C19H16N2O3. The Kier molecular flexibility index (Phi) is 3.41. The fourth-order valence-electron chi connectivity index (χ4n) is 3.18. The first kappa shape index (κ1) is 14.6. The van der Waals surface area contributed by atoms with Crippen LogP contribution in [0.5, 0.6) is 0 Å². The normalized spacial score (nSPS) is 16.7. The van der Waals surface area contributed by atoms with Gasteiger partial charge in [0.25, 0.3) is 5.56 Å². The van der Waals surface area contributed by atoms with Gasteiger partial charge in [0.15, 0.2) is 0 Å². The third-order valence-corrected chi connectivity index (χ3v) is 4.47. The topological polar surface area (TPSA) is 72.0 Å². The third-order valence-electron chi connectivity index (χ3n) is 4.47. The quantitative estimate of drug-likeness (QED) is 0.736. The second kappa shape index (κ2) is 5.60. The van der Waals surface area contributed by atoms with Gasteiger partial charge in [0.05, 0.1) is 28.4 Å². The molecule has 0 saturated carbocycles. The number of benzene rings is 1. The first-order chi connectivity index (χ1) is 11.7. The zero-order chi connectivity index (χ0) is 16.7. The average Bonchev–Trinajstić information content (AvgIpc) is 2.61. The summed E-state index contributed by atoms with van der Waals surface area (Å²) in [7, 11) is 0. The fraction of sp³-hybridized carbons (Fsp3) is 0.211. The molecule has 0 bridgehead atoms. The van der Waals surface area contributed by atoms with Crippen molar-refractivity contribution >= 4 is 16.9 Å². The second-order valence-electron chi connectivity index (χ2n) is 5.90. The molecule has 4 rings (SSSR count). The van der Waals surface area contributed by atoms with E-state index in [0.717, 1.165) is 16.5 Å². The Morgan fingerprint density at radius 1 is 1.21 bits per heavy atom. The fourth-order valence-corrected chi connectivity index (χ4v) is 3.18. The van der Waals surface area contributed by atoms with Crippen LogP contribution in [0.4, 0.5) is 0 Å². The highest BCUT2D eigenvalue weighted by Crippen LogP contribution is 2.30.